The lowest BCUT2D eigenvalue weighted by Gasteiger charge is -1.93. The molecule has 0 radical (unpaired) electrons. The van der Waals surface area contributed by atoms with Gasteiger partial charge in [-0.25, -0.2) is 0 Å². The van der Waals surface area contributed by atoms with Crippen LogP contribution in [0.2, 0.25) is 0 Å². The lowest BCUT2D eigenvalue weighted by Crippen LogP contribution is -1.94. The molecule has 0 aliphatic rings. The van der Waals surface area contributed by atoms with Crippen LogP contribution in [0.3, 0.4) is 0 Å². The molecule has 17 heavy (non-hydrogen) atoms. The van der Waals surface area contributed by atoms with Crippen molar-refractivity contribution in [1.82, 2.24) is 0 Å². The molecule has 0 aromatic rings. The molecule has 96 valence electrons. The van der Waals surface area contributed by atoms with Crippen LogP contribution in [0, 0.1) is 0 Å². The summed E-state index contributed by atoms with van der Waals surface area (Å²) in [5, 5.41) is 8.53. The summed E-state index contributed by atoms with van der Waals surface area (Å²) in [6, 6.07) is 0. The zero-order chi connectivity index (χ0) is 12.9. The summed E-state index contributed by atoms with van der Waals surface area (Å²) in [6.45, 7) is 2.13. The first-order chi connectivity index (χ1) is 8.20. The molecule has 0 heterocycles. The van der Waals surface area contributed by atoms with Crippen LogP contribution in [0.1, 0.15) is 45.4 Å². The van der Waals surface area contributed by atoms with Crippen molar-refractivity contribution in [3.8, 4) is 0 Å². The van der Waals surface area contributed by atoms with Gasteiger partial charge >= 0.3 is 0 Å². The van der Waals surface area contributed by atoms with Gasteiger partial charge in [0, 0.05) is 19.4 Å². The molecule has 0 aliphatic heterocycles. The summed E-state index contributed by atoms with van der Waals surface area (Å²) in [6.07, 6.45) is 10.7. The van der Waals surface area contributed by atoms with Crippen LogP contribution in [0.4, 0.5) is 0 Å². The zero-order valence-electron chi connectivity index (χ0n) is 10.5. The Bertz CT molecular complexity index is 277. The highest BCUT2D eigenvalue weighted by Gasteiger charge is 1.95. The van der Waals surface area contributed by atoms with Crippen molar-refractivity contribution >= 4 is 11.6 Å². The van der Waals surface area contributed by atoms with E-state index in [0.717, 1.165) is 19.3 Å². The second-order valence-corrected chi connectivity index (χ2v) is 3.94. The van der Waals surface area contributed by atoms with E-state index in [2.05, 4.69) is 6.92 Å². The van der Waals surface area contributed by atoms with Crippen LogP contribution in [0.25, 0.3) is 0 Å². The molecule has 0 unspecified atom stereocenters. The van der Waals surface area contributed by atoms with Gasteiger partial charge in [0.05, 0.1) is 0 Å². The number of unbranched alkanes of at least 4 members (excludes halogenated alkanes) is 2. The molecule has 0 saturated carbocycles. The quantitative estimate of drug-likeness (QED) is 0.361. The third-order valence-electron chi connectivity index (χ3n) is 2.28. The normalized spacial score (nSPS) is 11.4. The largest absolute Gasteiger partial charge is 0.396 e. The van der Waals surface area contributed by atoms with Gasteiger partial charge in [0.25, 0.3) is 0 Å². The van der Waals surface area contributed by atoms with Gasteiger partial charge in [0.15, 0.2) is 11.6 Å². The van der Waals surface area contributed by atoms with Crippen LogP contribution in [-0.4, -0.2) is 23.3 Å². The molecule has 0 rings (SSSR count). The smallest absolute Gasteiger partial charge is 0.155 e. The lowest BCUT2D eigenvalue weighted by atomic mass is 10.1. The number of ketones is 2. The summed E-state index contributed by atoms with van der Waals surface area (Å²) in [4.78, 5) is 22.4. The molecule has 0 atom stereocenters. The van der Waals surface area contributed by atoms with Crippen molar-refractivity contribution in [3.63, 3.8) is 0 Å². The van der Waals surface area contributed by atoms with Gasteiger partial charge < -0.3 is 5.11 Å². The SMILES string of the molecule is CCCCCC(=O)/C=C/C=C/C(=O)CCCO. The van der Waals surface area contributed by atoms with E-state index < -0.39 is 0 Å². The highest BCUT2D eigenvalue weighted by Crippen LogP contribution is 2.00. The minimum atomic E-state index is -0.0258. The fraction of sp³-hybridized carbons (Fsp3) is 0.571. The van der Waals surface area contributed by atoms with E-state index in [1.54, 1.807) is 12.2 Å². The fourth-order valence-corrected chi connectivity index (χ4v) is 1.29. The van der Waals surface area contributed by atoms with E-state index >= 15 is 0 Å². The molecule has 0 amide bonds. The molecule has 0 bridgehead atoms. The van der Waals surface area contributed by atoms with Crippen LogP contribution in [0.15, 0.2) is 24.3 Å². The van der Waals surface area contributed by atoms with Crippen molar-refractivity contribution in [2.24, 2.45) is 0 Å². The summed E-state index contributed by atoms with van der Waals surface area (Å²) < 4.78 is 0. The molecule has 0 aliphatic carbocycles. The number of aliphatic hydroxyl groups excluding tert-OH is 1. The highest BCUT2D eigenvalue weighted by atomic mass is 16.3. The number of hydrogen-bond acceptors (Lipinski definition) is 3. The number of rotatable bonds is 10. The van der Waals surface area contributed by atoms with E-state index in [1.165, 1.54) is 12.2 Å². The van der Waals surface area contributed by atoms with Crippen molar-refractivity contribution in [3.05, 3.63) is 24.3 Å². The first kappa shape index (κ1) is 15.8. The third-order valence-corrected chi connectivity index (χ3v) is 2.28. The minimum absolute atomic E-state index is 0.0258. The number of carbonyl (C=O) groups is 2. The maximum Gasteiger partial charge on any atom is 0.155 e. The van der Waals surface area contributed by atoms with E-state index in [0.29, 0.717) is 19.3 Å². The van der Waals surface area contributed by atoms with Crippen LogP contribution >= 0.6 is 0 Å². The maximum absolute atomic E-state index is 11.3. The topological polar surface area (TPSA) is 54.4 Å². The molecule has 1 N–H and O–H groups in total. The summed E-state index contributed by atoms with van der Waals surface area (Å²) in [5.74, 6) is 0.0769. The first-order valence-corrected chi connectivity index (χ1v) is 6.22. The van der Waals surface area contributed by atoms with Crippen LogP contribution in [0.5, 0.6) is 0 Å². The maximum atomic E-state index is 11.3. The van der Waals surface area contributed by atoms with Gasteiger partial charge in [-0.3, -0.25) is 9.59 Å². The Kier molecular flexibility index (Phi) is 10.5. The molecule has 0 aromatic heterocycles. The van der Waals surface area contributed by atoms with Crippen molar-refractivity contribution in [2.75, 3.05) is 6.61 Å². The monoisotopic (exact) mass is 238 g/mol. The Morgan fingerprint density at radius 1 is 0.941 bits per heavy atom. The Labute approximate surface area is 103 Å². The van der Waals surface area contributed by atoms with Gasteiger partial charge in [0.1, 0.15) is 0 Å². The van der Waals surface area contributed by atoms with Gasteiger partial charge in [-0.05, 0) is 25.0 Å². The van der Waals surface area contributed by atoms with Crippen LogP contribution < -0.4 is 0 Å². The molecular weight excluding hydrogens is 216 g/mol. The average Bonchev–Trinajstić information content (AvgIpc) is 2.32. The number of hydrogen-bond donors (Lipinski definition) is 1. The molecule has 0 aromatic carbocycles. The van der Waals surface area contributed by atoms with Gasteiger partial charge in [-0.15, -0.1) is 0 Å². The number of aliphatic hydroxyl groups is 1. The Morgan fingerprint density at radius 2 is 1.47 bits per heavy atom. The number of allylic oxidation sites excluding steroid dienone is 4. The van der Waals surface area contributed by atoms with E-state index in [1.807, 2.05) is 0 Å². The predicted molar refractivity (Wildman–Crippen MR) is 68.8 cm³/mol. The lowest BCUT2D eigenvalue weighted by molar-refractivity contribution is -0.115. The minimum Gasteiger partial charge on any atom is -0.396 e. The summed E-state index contributed by atoms with van der Waals surface area (Å²) in [5.41, 5.74) is 0. The predicted octanol–water partition coefficient (Wildman–Crippen LogP) is 2.59. The van der Waals surface area contributed by atoms with E-state index in [9.17, 15) is 9.59 Å². The third kappa shape index (κ3) is 11.1. The van der Waals surface area contributed by atoms with Gasteiger partial charge in [-0.1, -0.05) is 31.9 Å². The second kappa shape index (κ2) is 11.3. The summed E-state index contributed by atoms with van der Waals surface area (Å²) >= 11 is 0. The molecule has 0 fully saturated rings. The Hall–Kier alpha value is -1.22. The summed E-state index contributed by atoms with van der Waals surface area (Å²) in [7, 11) is 0. The van der Waals surface area contributed by atoms with Crippen molar-refractivity contribution in [2.45, 2.75) is 45.4 Å². The molecule has 3 nitrogen and oxygen atoms in total. The standard InChI is InChI=1S/C14H22O3/c1-2-3-4-8-13(16)9-5-6-10-14(17)11-7-12-15/h5-6,9-10,15H,2-4,7-8,11-12H2,1H3/b9-5+,10-6+. The first-order valence-electron chi connectivity index (χ1n) is 6.22. The van der Waals surface area contributed by atoms with Crippen molar-refractivity contribution < 1.29 is 14.7 Å². The highest BCUT2D eigenvalue weighted by molar-refractivity contribution is 5.91. The molecule has 3 heteroatoms. The van der Waals surface area contributed by atoms with E-state index in [-0.39, 0.29) is 18.2 Å². The zero-order valence-corrected chi connectivity index (χ0v) is 10.5. The fourth-order valence-electron chi connectivity index (χ4n) is 1.29. The molecular formula is C14H22O3. The number of carbonyl (C=O) groups excluding carboxylic acids is 2. The van der Waals surface area contributed by atoms with Crippen molar-refractivity contribution in [1.29, 1.82) is 0 Å². The molecule has 0 saturated heterocycles. The Balaban J connectivity index is 3.73. The second-order valence-electron chi connectivity index (χ2n) is 3.94. The Morgan fingerprint density at radius 3 is 1.94 bits per heavy atom. The average molecular weight is 238 g/mol. The molecule has 0 spiro atoms. The van der Waals surface area contributed by atoms with Crippen LogP contribution in [-0.2, 0) is 9.59 Å². The van der Waals surface area contributed by atoms with Gasteiger partial charge in [-0.2, -0.15) is 0 Å². The van der Waals surface area contributed by atoms with Gasteiger partial charge in [0.2, 0.25) is 0 Å². The van der Waals surface area contributed by atoms with E-state index in [4.69, 9.17) is 5.11 Å².